The number of nitrogens with one attached hydrogen (secondary N) is 1. The Kier molecular flexibility index (Phi) is 8.52. The van der Waals surface area contributed by atoms with Gasteiger partial charge in [0.2, 0.25) is 0 Å². The SMILES string of the molecule is CCC(CSC)N(C)c1nc(C)c(CNCCOC)s1. The van der Waals surface area contributed by atoms with Gasteiger partial charge in [-0.3, -0.25) is 0 Å². The molecule has 1 unspecified atom stereocenters. The van der Waals surface area contributed by atoms with Crippen LogP contribution in [0.5, 0.6) is 0 Å². The molecule has 4 nitrogen and oxygen atoms in total. The number of aryl methyl sites for hydroxylation is 1. The lowest BCUT2D eigenvalue weighted by molar-refractivity contribution is 0.199. The molecule has 1 aromatic heterocycles. The van der Waals surface area contributed by atoms with Crippen molar-refractivity contribution in [3.63, 3.8) is 0 Å². The van der Waals surface area contributed by atoms with Gasteiger partial charge in [-0.2, -0.15) is 11.8 Å². The van der Waals surface area contributed by atoms with Gasteiger partial charge >= 0.3 is 0 Å². The Morgan fingerprint density at radius 3 is 2.85 bits per heavy atom. The van der Waals surface area contributed by atoms with Crippen molar-refractivity contribution < 1.29 is 4.74 Å². The molecule has 0 spiro atoms. The maximum absolute atomic E-state index is 5.04. The molecule has 0 aromatic carbocycles. The van der Waals surface area contributed by atoms with Crippen LogP contribution in [0.4, 0.5) is 5.13 Å². The lowest BCUT2D eigenvalue weighted by Gasteiger charge is -2.26. The number of methoxy groups -OCH3 is 1. The van der Waals surface area contributed by atoms with Crippen LogP contribution >= 0.6 is 23.1 Å². The molecule has 0 bridgehead atoms. The predicted molar refractivity (Wildman–Crippen MR) is 91.3 cm³/mol. The van der Waals surface area contributed by atoms with E-state index in [9.17, 15) is 0 Å². The van der Waals surface area contributed by atoms with Gasteiger partial charge in [0, 0.05) is 43.9 Å². The minimum atomic E-state index is 0.560. The van der Waals surface area contributed by atoms with Crippen molar-refractivity contribution in [3.05, 3.63) is 10.6 Å². The first-order chi connectivity index (χ1) is 9.63. The highest BCUT2D eigenvalue weighted by molar-refractivity contribution is 7.98. The van der Waals surface area contributed by atoms with Crippen LogP contribution in [0.15, 0.2) is 0 Å². The van der Waals surface area contributed by atoms with E-state index < -0.39 is 0 Å². The van der Waals surface area contributed by atoms with Crippen molar-refractivity contribution in [3.8, 4) is 0 Å². The summed E-state index contributed by atoms with van der Waals surface area (Å²) < 4.78 is 5.04. The van der Waals surface area contributed by atoms with Crippen LogP contribution < -0.4 is 10.2 Å². The second kappa shape index (κ2) is 9.60. The number of anilines is 1. The number of hydrogen-bond donors (Lipinski definition) is 1. The Morgan fingerprint density at radius 1 is 1.50 bits per heavy atom. The number of rotatable bonds is 10. The number of aromatic nitrogens is 1. The predicted octanol–water partition coefficient (Wildman–Crippen LogP) is 2.77. The summed E-state index contributed by atoms with van der Waals surface area (Å²) in [5.74, 6) is 1.15. The maximum Gasteiger partial charge on any atom is 0.185 e. The van der Waals surface area contributed by atoms with Crippen molar-refractivity contribution in [2.24, 2.45) is 0 Å². The van der Waals surface area contributed by atoms with Crippen LogP contribution in [0.3, 0.4) is 0 Å². The highest BCUT2D eigenvalue weighted by atomic mass is 32.2. The van der Waals surface area contributed by atoms with E-state index in [4.69, 9.17) is 9.72 Å². The largest absolute Gasteiger partial charge is 0.383 e. The molecule has 6 heteroatoms. The highest BCUT2D eigenvalue weighted by Gasteiger charge is 2.17. The summed E-state index contributed by atoms with van der Waals surface area (Å²) >= 11 is 3.69. The van der Waals surface area contributed by atoms with E-state index in [-0.39, 0.29) is 0 Å². The van der Waals surface area contributed by atoms with Crippen molar-refractivity contribution >= 4 is 28.2 Å². The molecule has 1 aromatic rings. The molecule has 1 heterocycles. The molecule has 1 atom stereocenters. The second-order valence-corrected chi connectivity index (χ2v) is 6.78. The average molecular weight is 318 g/mol. The molecule has 0 saturated heterocycles. The maximum atomic E-state index is 5.04. The van der Waals surface area contributed by atoms with Crippen LogP contribution in [0.2, 0.25) is 0 Å². The van der Waals surface area contributed by atoms with E-state index in [1.54, 1.807) is 18.4 Å². The van der Waals surface area contributed by atoms with Crippen LogP contribution in [0.1, 0.15) is 23.9 Å². The number of ether oxygens (including phenoxy) is 1. The topological polar surface area (TPSA) is 37.4 Å². The Labute approximate surface area is 131 Å². The van der Waals surface area contributed by atoms with E-state index in [0.717, 1.165) is 42.7 Å². The number of thiazole rings is 1. The van der Waals surface area contributed by atoms with Gasteiger partial charge in [0.05, 0.1) is 12.3 Å². The molecule has 1 rings (SSSR count). The van der Waals surface area contributed by atoms with Crippen LogP contribution in [0.25, 0.3) is 0 Å². The van der Waals surface area contributed by atoms with E-state index in [1.807, 2.05) is 11.8 Å². The van der Waals surface area contributed by atoms with Gasteiger partial charge in [-0.15, -0.1) is 11.3 Å². The third kappa shape index (κ3) is 5.24. The van der Waals surface area contributed by atoms with E-state index in [2.05, 4.69) is 37.4 Å². The normalized spacial score (nSPS) is 12.7. The molecule has 0 aliphatic carbocycles. The zero-order valence-corrected chi connectivity index (χ0v) is 14.9. The molecule has 20 heavy (non-hydrogen) atoms. The fourth-order valence-electron chi connectivity index (χ4n) is 1.96. The molecule has 0 radical (unpaired) electrons. The second-order valence-electron chi connectivity index (χ2n) is 4.80. The van der Waals surface area contributed by atoms with Crippen LogP contribution in [-0.2, 0) is 11.3 Å². The van der Waals surface area contributed by atoms with Crippen molar-refractivity contribution in [2.75, 3.05) is 44.2 Å². The molecule has 0 aliphatic rings. The van der Waals surface area contributed by atoms with E-state index in [0.29, 0.717) is 6.04 Å². The van der Waals surface area contributed by atoms with Gasteiger partial charge in [-0.05, 0) is 19.6 Å². The number of hydrogen-bond acceptors (Lipinski definition) is 6. The average Bonchev–Trinajstić information content (AvgIpc) is 2.81. The standard InChI is InChI=1S/C14H27N3OS2/c1-6-12(10-19-5)17(3)14-16-11(2)13(20-14)9-15-7-8-18-4/h12,15H,6-10H2,1-5H3. The first-order valence-electron chi connectivity index (χ1n) is 7.01. The zero-order valence-electron chi connectivity index (χ0n) is 13.2. The summed E-state index contributed by atoms with van der Waals surface area (Å²) in [4.78, 5) is 8.37. The Morgan fingerprint density at radius 2 is 2.25 bits per heavy atom. The Bertz CT molecular complexity index is 384. The summed E-state index contributed by atoms with van der Waals surface area (Å²) in [6.07, 6.45) is 3.31. The molecule has 116 valence electrons. The zero-order chi connectivity index (χ0) is 15.0. The summed E-state index contributed by atoms with van der Waals surface area (Å²) in [5, 5.41) is 4.52. The molecule has 0 fully saturated rings. The highest BCUT2D eigenvalue weighted by Crippen LogP contribution is 2.27. The minimum Gasteiger partial charge on any atom is -0.383 e. The molecule has 0 aliphatic heterocycles. The van der Waals surface area contributed by atoms with Crippen LogP contribution in [0, 0.1) is 6.92 Å². The smallest absolute Gasteiger partial charge is 0.185 e. The molecular formula is C14H27N3OS2. The molecule has 0 amide bonds. The quantitative estimate of drug-likeness (QED) is 0.672. The van der Waals surface area contributed by atoms with E-state index in [1.165, 1.54) is 4.88 Å². The van der Waals surface area contributed by atoms with Gasteiger partial charge in [0.25, 0.3) is 0 Å². The summed E-state index contributed by atoms with van der Waals surface area (Å²) in [5.41, 5.74) is 1.14. The first kappa shape index (κ1) is 17.8. The lowest BCUT2D eigenvalue weighted by atomic mass is 10.2. The van der Waals surface area contributed by atoms with Gasteiger partial charge in [0.1, 0.15) is 0 Å². The fraction of sp³-hybridized carbons (Fsp3) is 0.786. The van der Waals surface area contributed by atoms with Crippen molar-refractivity contribution in [2.45, 2.75) is 32.9 Å². The lowest BCUT2D eigenvalue weighted by Crippen LogP contribution is -2.33. The third-order valence-electron chi connectivity index (χ3n) is 3.33. The number of thioether (sulfide) groups is 1. The summed E-state index contributed by atoms with van der Waals surface area (Å²) in [7, 11) is 3.88. The summed E-state index contributed by atoms with van der Waals surface area (Å²) in [6.45, 7) is 6.83. The van der Waals surface area contributed by atoms with Gasteiger partial charge in [-0.1, -0.05) is 6.92 Å². The van der Waals surface area contributed by atoms with Gasteiger partial charge in [-0.25, -0.2) is 4.98 Å². The first-order valence-corrected chi connectivity index (χ1v) is 9.22. The minimum absolute atomic E-state index is 0.560. The molecule has 1 N–H and O–H groups in total. The van der Waals surface area contributed by atoms with E-state index >= 15 is 0 Å². The fourth-order valence-corrected chi connectivity index (χ4v) is 3.86. The van der Waals surface area contributed by atoms with Crippen molar-refractivity contribution in [1.82, 2.24) is 10.3 Å². The Balaban J connectivity index is 2.63. The molecule has 0 saturated carbocycles. The molecular weight excluding hydrogens is 290 g/mol. The van der Waals surface area contributed by atoms with Gasteiger partial charge < -0.3 is 15.0 Å². The van der Waals surface area contributed by atoms with Crippen LogP contribution in [-0.4, -0.2) is 50.3 Å². The number of nitrogens with zero attached hydrogens (tertiary/aromatic N) is 2. The monoisotopic (exact) mass is 317 g/mol. The third-order valence-corrected chi connectivity index (χ3v) is 5.30. The Hall–Kier alpha value is -0.300. The summed E-state index contributed by atoms with van der Waals surface area (Å²) in [6, 6.07) is 0.560. The van der Waals surface area contributed by atoms with Crippen molar-refractivity contribution in [1.29, 1.82) is 0 Å². The van der Waals surface area contributed by atoms with Gasteiger partial charge in [0.15, 0.2) is 5.13 Å².